The number of amides is 2. The van der Waals surface area contributed by atoms with E-state index < -0.39 is 41.6 Å². The molecule has 0 aromatic heterocycles. The zero-order valence-electron chi connectivity index (χ0n) is 19.1. The first kappa shape index (κ1) is 22.7. The van der Waals surface area contributed by atoms with Crippen molar-refractivity contribution in [1.29, 1.82) is 0 Å². The third-order valence-electron chi connectivity index (χ3n) is 7.19. The standard InChI is InChI=1S/C28H20BrFN2O4/c1-36-22-12-10-16(13-19(22)29)26(33)25-24-23(21-11-9-15-5-2-3-8-20(15)32(21)25)27(34)31(28(24)35)18-7-4-6-17(30)14-18/h2-14,21,23-25H,1H3/t21-,23+,24+,25-/m0/s1. The molecule has 2 amide bonds. The van der Waals surface area contributed by atoms with E-state index in [1.54, 1.807) is 18.2 Å². The number of halogens is 2. The Morgan fingerprint density at radius 1 is 0.972 bits per heavy atom. The number of Topliss-reactive ketones (excluding diaryl/α,β-unsaturated/α-hetero) is 1. The molecule has 3 aliphatic rings. The monoisotopic (exact) mass is 546 g/mol. The number of methoxy groups -OCH3 is 1. The molecule has 8 heteroatoms. The van der Waals surface area contributed by atoms with Gasteiger partial charge in [-0.15, -0.1) is 0 Å². The van der Waals surface area contributed by atoms with E-state index in [0.717, 1.165) is 22.2 Å². The summed E-state index contributed by atoms with van der Waals surface area (Å²) >= 11 is 3.44. The number of ether oxygens (including phenoxy) is 1. The molecule has 6 nitrogen and oxygen atoms in total. The second-order valence-electron chi connectivity index (χ2n) is 9.02. The average molecular weight is 547 g/mol. The molecule has 0 radical (unpaired) electrons. The summed E-state index contributed by atoms with van der Waals surface area (Å²) in [5.74, 6) is -2.87. The lowest BCUT2D eigenvalue weighted by Crippen LogP contribution is -2.48. The Hall–Kier alpha value is -3.78. The van der Waals surface area contributed by atoms with Gasteiger partial charge < -0.3 is 9.64 Å². The highest BCUT2D eigenvalue weighted by Gasteiger charge is 2.64. The van der Waals surface area contributed by atoms with Crippen molar-refractivity contribution in [2.24, 2.45) is 11.8 Å². The van der Waals surface area contributed by atoms with Gasteiger partial charge in [-0.25, -0.2) is 9.29 Å². The maximum atomic E-state index is 14.1. The summed E-state index contributed by atoms with van der Waals surface area (Å²) < 4.78 is 19.9. The zero-order valence-corrected chi connectivity index (χ0v) is 20.7. The minimum Gasteiger partial charge on any atom is -0.496 e. The lowest BCUT2D eigenvalue weighted by atomic mass is 9.86. The van der Waals surface area contributed by atoms with E-state index in [0.29, 0.717) is 15.8 Å². The maximum Gasteiger partial charge on any atom is 0.240 e. The van der Waals surface area contributed by atoms with Crippen molar-refractivity contribution in [3.05, 3.63) is 94.2 Å². The van der Waals surface area contributed by atoms with Gasteiger partial charge in [-0.2, -0.15) is 0 Å². The fourth-order valence-corrected chi connectivity index (χ4v) is 6.21. The molecule has 3 aromatic rings. The van der Waals surface area contributed by atoms with E-state index in [1.807, 2.05) is 41.3 Å². The molecule has 180 valence electrons. The summed E-state index contributed by atoms with van der Waals surface area (Å²) in [7, 11) is 1.54. The van der Waals surface area contributed by atoms with Crippen LogP contribution in [0.1, 0.15) is 15.9 Å². The highest BCUT2D eigenvalue weighted by atomic mass is 79.9. The fraction of sp³-hybridized carbons (Fsp3) is 0.179. The maximum absolute atomic E-state index is 14.1. The topological polar surface area (TPSA) is 66.9 Å². The van der Waals surface area contributed by atoms with Crippen LogP contribution in [-0.2, 0) is 9.59 Å². The molecule has 2 fully saturated rings. The molecule has 0 unspecified atom stereocenters. The quantitative estimate of drug-likeness (QED) is 0.345. The molecule has 4 atom stereocenters. The second-order valence-corrected chi connectivity index (χ2v) is 9.87. The Morgan fingerprint density at radius 2 is 1.75 bits per heavy atom. The number of para-hydroxylation sites is 1. The third kappa shape index (κ3) is 3.24. The van der Waals surface area contributed by atoms with Crippen molar-refractivity contribution >= 4 is 51.0 Å². The summed E-state index contributed by atoms with van der Waals surface area (Å²) in [5.41, 5.74) is 2.26. The van der Waals surface area contributed by atoms with Crippen molar-refractivity contribution in [3.63, 3.8) is 0 Å². The molecule has 2 saturated heterocycles. The molecule has 6 rings (SSSR count). The number of rotatable bonds is 4. The van der Waals surface area contributed by atoms with Gasteiger partial charge >= 0.3 is 0 Å². The first-order valence-electron chi connectivity index (χ1n) is 11.5. The van der Waals surface area contributed by atoms with Crippen molar-refractivity contribution in [1.82, 2.24) is 0 Å². The molecule has 3 heterocycles. The number of anilines is 2. The number of ketones is 1. The lowest BCUT2D eigenvalue weighted by molar-refractivity contribution is -0.122. The van der Waals surface area contributed by atoms with Crippen LogP contribution in [0.3, 0.4) is 0 Å². The van der Waals surface area contributed by atoms with Crippen LogP contribution < -0.4 is 14.5 Å². The van der Waals surface area contributed by atoms with E-state index in [4.69, 9.17) is 4.74 Å². The van der Waals surface area contributed by atoms with Gasteiger partial charge in [0.25, 0.3) is 0 Å². The lowest BCUT2D eigenvalue weighted by Gasteiger charge is -2.36. The molecular weight excluding hydrogens is 527 g/mol. The predicted octanol–water partition coefficient (Wildman–Crippen LogP) is 4.87. The van der Waals surface area contributed by atoms with Crippen molar-refractivity contribution in [2.75, 3.05) is 16.9 Å². The van der Waals surface area contributed by atoms with Crippen LogP contribution in [0.25, 0.3) is 6.08 Å². The largest absolute Gasteiger partial charge is 0.496 e. The van der Waals surface area contributed by atoms with E-state index in [9.17, 15) is 18.8 Å². The Bertz CT molecular complexity index is 1470. The van der Waals surface area contributed by atoms with E-state index in [2.05, 4.69) is 15.9 Å². The Labute approximate surface area is 215 Å². The van der Waals surface area contributed by atoms with Crippen LogP contribution >= 0.6 is 15.9 Å². The SMILES string of the molecule is COc1ccc(C(=O)[C@@H]2[C@@H]3C(=O)N(c4cccc(F)c4)C(=O)[C@@H]3[C@@H]3C=Cc4ccccc4N23)cc1Br. The molecule has 3 aromatic carbocycles. The fourth-order valence-electron chi connectivity index (χ4n) is 5.67. The van der Waals surface area contributed by atoms with Gasteiger partial charge in [-0.1, -0.05) is 36.4 Å². The summed E-state index contributed by atoms with van der Waals surface area (Å²) in [4.78, 5) is 44.6. The number of carbonyl (C=O) groups is 3. The van der Waals surface area contributed by atoms with Gasteiger partial charge in [-0.3, -0.25) is 14.4 Å². The van der Waals surface area contributed by atoms with Crippen LogP contribution in [-0.4, -0.2) is 36.8 Å². The molecule has 0 aliphatic carbocycles. The van der Waals surface area contributed by atoms with Crippen molar-refractivity contribution in [3.8, 4) is 5.75 Å². The Morgan fingerprint density at radius 3 is 2.50 bits per heavy atom. The molecule has 0 spiro atoms. The number of fused-ring (bicyclic) bond motifs is 5. The molecule has 0 saturated carbocycles. The van der Waals surface area contributed by atoms with Crippen LogP contribution in [0.5, 0.6) is 5.75 Å². The minimum atomic E-state index is -0.921. The minimum absolute atomic E-state index is 0.171. The second kappa shape index (κ2) is 8.41. The van der Waals surface area contributed by atoms with Crippen molar-refractivity contribution in [2.45, 2.75) is 12.1 Å². The molecular formula is C28H20BrFN2O4. The Balaban J connectivity index is 1.49. The summed E-state index contributed by atoms with van der Waals surface area (Å²) in [5, 5.41) is 0. The number of benzene rings is 3. The predicted molar refractivity (Wildman–Crippen MR) is 136 cm³/mol. The van der Waals surface area contributed by atoms with Gasteiger partial charge in [-0.05, 0) is 64.0 Å². The first-order chi connectivity index (χ1) is 17.4. The van der Waals surface area contributed by atoms with Crippen LogP contribution in [0.4, 0.5) is 15.8 Å². The normalized spacial score (nSPS) is 24.0. The molecule has 36 heavy (non-hydrogen) atoms. The van der Waals surface area contributed by atoms with Gasteiger partial charge in [0.2, 0.25) is 11.8 Å². The number of hydrogen-bond donors (Lipinski definition) is 0. The zero-order chi connectivity index (χ0) is 25.1. The smallest absolute Gasteiger partial charge is 0.240 e. The number of carbonyl (C=O) groups excluding carboxylic acids is 3. The summed E-state index contributed by atoms with van der Waals surface area (Å²) in [6, 6.07) is 16.6. The van der Waals surface area contributed by atoms with Gasteiger partial charge in [0.15, 0.2) is 5.78 Å². The van der Waals surface area contributed by atoms with Crippen molar-refractivity contribution < 1.29 is 23.5 Å². The highest BCUT2D eigenvalue weighted by molar-refractivity contribution is 9.10. The molecule has 0 bridgehead atoms. The van der Waals surface area contributed by atoms with Crippen LogP contribution in [0.15, 0.2) is 77.3 Å². The third-order valence-corrected chi connectivity index (χ3v) is 7.81. The van der Waals surface area contributed by atoms with E-state index in [-0.39, 0.29) is 11.5 Å². The molecule has 0 N–H and O–H groups in total. The first-order valence-corrected chi connectivity index (χ1v) is 12.3. The average Bonchev–Trinajstić information content (AvgIpc) is 3.36. The van der Waals surface area contributed by atoms with Gasteiger partial charge in [0, 0.05) is 11.3 Å². The van der Waals surface area contributed by atoms with Crippen LogP contribution in [0.2, 0.25) is 0 Å². The Kier molecular flexibility index (Phi) is 5.30. The van der Waals surface area contributed by atoms with Crippen LogP contribution in [0, 0.1) is 17.7 Å². The van der Waals surface area contributed by atoms with E-state index in [1.165, 1.54) is 25.3 Å². The number of hydrogen-bond acceptors (Lipinski definition) is 5. The number of nitrogens with zero attached hydrogens (tertiary/aromatic N) is 2. The molecule has 3 aliphatic heterocycles. The van der Waals surface area contributed by atoms with E-state index >= 15 is 0 Å². The highest BCUT2D eigenvalue weighted by Crippen LogP contribution is 2.50. The number of imide groups is 1. The van der Waals surface area contributed by atoms with Gasteiger partial charge in [0.1, 0.15) is 17.6 Å². The summed E-state index contributed by atoms with van der Waals surface area (Å²) in [6.45, 7) is 0. The van der Waals surface area contributed by atoms with Gasteiger partial charge in [0.05, 0.1) is 35.1 Å². The summed E-state index contributed by atoms with van der Waals surface area (Å²) in [6.07, 6.45) is 3.81.